The Morgan fingerprint density at radius 1 is 1.25 bits per heavy atom. The highest BCUT2D eigenvalue weighted by Gasteiger charge is 2.32. The van der Waals surface area contributed by atoms with Gasteiger partial charge in [-0.3, -0.25) is 9.36 Å². The second kappa shape index (κ2) is 7.11. The van der Waals surface area contributed by atoms with Crippen LogP contribution in [0.5, 0.6) is 0 Å². The molecule has 1 rings (SSSR count). The third-order valence-electron chi connectivity index (χ3n) is 3.95. The van der Waals surface area contributed by atoms with Gasteiger partial charge in [-0.2, -0.15) is 0 Å². The molecule has 0 fully saturated rings. The zero-order valence-corrected chi connectivity index (χ0v) is 13.8. The summed E-state index contributed by atoms with van der Waals surface area (Å²) >= 11 is 1.26. The molecule has 1 heterocycles. The maximum Gasteiger partial charge on any atom is 0.313 e. The van der Waals surface area contributed by atoms with Crippen molar-refractivity contribution in [3.05, 3.63) is 5.82 Å². The average molecular weight is 299 g/mol. The second-order valence-corrected chi connectivity index (χ2v) is 6.24. The van der Waals surface area contributed by atoms with Crippen LogP contribution in [-0.4, -0.2) is 31.6 Å². The number of carbonyl (C=O) groups is 1. The molecule has 1 aromatic rings. The largest absolute Gasteiger partial charge is 0.481 e. The van der Waals surface area contributed by atoms with Gasteiger partial charge in [-0.1, -0.05) is 46.4 Å². The smallest absolute Gasteiger partial charge is 0.313 e. The molecule has 5 nitrogen and oxygen atoms in total. The maximum atomic E-state index is 10.8. The van der Waals surface area contributed by atoms with Crippen molar-refractivity contribution in [2.24, 2.45) is 0 Å². The Morgan fingerprint density at radius 3 is 2.20 bits per heavy atom. The van der Waals surface area contributed by atoms with Gasteiger partial charge in [0.15, 0.2) is 5.16 Å². The summed E-state index contributed by atoms with van der Waals surface area (Å²) in [5.74, 6) is 0.406. The lowest BCUT2D eigenvalue weighted by molar-refractivity contribution is -0.133. The summed E-state index contributed by atoms with van der Waals surface area (Å²) in [4.78, 5) is 10.8. The van der Waals surface area contributed by atoms with E-state index >= 15 is 0 Å². The van der Waals surface area contributed by atoms with Gasteiger partial charge in [0.05, 0.1) is 5.75 Å². The molecule has 0 aliphatic heterocycles. The van der Waals surface area contributed by atoms with E-state index in [2.05, 4.69) is 49.4 Å². The normalized spacial score (nSPS) is 12.1. The minimum atomic E-state index is -0.828. The van der Waals surface area contributed by atoms with Gasteiger partial charge >= 0.3 is 5.97 Å². The number of aliphatic carboxylic acids is 1. The average Bonchev–Trinajstić information content (AvgIpc) is 2.84. The van der Waals surface area contributed by atoms with Crippen LogP contribution in [-0.2, 0) is 10.3 Å². The Balaban J connectivity index is 3.30. The molecule has 1 aromatic heterocycles. The molecule has 114 valence electrons. The van der Waals surface area contributed by atoms with Crippen LogP contribution in [0.25, 0.3) is 0 Å². The minimum Gasteiger partial charge on any atom is -0.481 e. The van der Waals surface area contributed by atoms with E-state index in [1.54, 1.807) is 0 Å². The molecule has 0 saturated carbocycles. The monoisotopic (exact) mass is 299 g/mol. The first-order valence-corrected chi connectivity index (χ1v) is 8.20. The van der Waals surface area contributed by atoms with Crippen molar-refractivity contribution < 1.29 is 9.90 Å². The third-order valence-corrected chi connectivity index (χ3v) is 4.86. The molecule has 0 bridgehead atoms. The third kappa shape index (κ3) is 3.34. The molecule has 0 saturated heterocycles. The van der Waals surface area contributed by atoms with Crippen LogP contribution in [0.15, 0.2) is 5.16 Å². The van der Waals surface area contributed by atoms with E-state index in [0.717, 1.165) is 30.2 Å². The van der Waals surface area contributed by atoms with Crippen molar-refractivity contribution in [3.63, 3.8) is 0 Å². The van der Waals surface area contributed by atoms with Crippen LogP contribution in [0, 0.1) is 0 Å². The van der Waals surface area contributed by atoms with E-state index in [1.165, 1.54) is 11.8 Å². The summed E-state index contributed by atoms with van der Waals surface area (Å²) < 4.78 is 2.19. The molecule has 0 amide bonds. The number of carboxylic acids is 1. The summed E-state index contributed by atoms with van der Waals surface area (Å²) in [5.41, 5.74) is -0.0239. The highest BCUT2D eigenvalue weighted by Crippen LogP contribution is 2.36. The van der Waals surface area contributed by atoms with Gasteiger partial charge < -0.3 is 5.11 Å². The molecular weight excluding hydrogens is 274 g/mol. The summed E-state index contributed by atoms with van der Waals surface area (Å²) in [5, 5.41) is 18.1. The van der Waals surface area contributed by atoms with Crippen molar-refractivity contribution in [1.29, 1.82) is 0 Å². The first-order chi connectivity index (χ1) is 9.41. The van der Waals surface area contributed by atoms with E-state index in [4.69, 9.17) is 5.11 Å². The second-order valence-electron chi connectivity index (χ2n) is 5.30. The number of thioether (sulfide) groups is 1. The lowest BCUT2D eigenvalue weighted by atomic mass is 9.89. The van der Waals surface area contributed by atoms with Gasteiger partial charge in [-0.25, -0.2) is 0 Å². The summed E-state index contributed by atoms with van der Waals surface area (Å²) in [7, 11) is 0. The zero-order chi connectivity index (χ0) is 15.3. The number of carboxylic acid groups (broad SMARTS) is 1. The first-order valence-electron chi connectivity index (χ1n) is 7.22. The standard InChI is InChI=1S/C14H25N3O2S/c1-6-14(7-2,8-3)17-12(10(4)5)15-16-13(17)20-9-11(18)19/h10H,6-9H2,1-5H3,(H,18,19). The number of nitrogens with zero attached hydrogens (tertiary/aromatic N) is 3. The van der Waals surface area contributed by atoms with Crippen molar-refractivity contribution in [2.75, 3.05) is 5.75 Å². The Kier molecular flexibility index (Phi) is 6.05. The first kappa shape index (κ1) is 17.0. The molecule has 6 heteroatoms. The molecule has 0 radical (unpaired) electrons. The van der Waals surface area contributed by atoms with Gasteiger partial charge in [0.2, 0.25) is 0 Å². The molecule has 0 aromatic carbocycles. The van der Waals surface area contributed by atoms with E-state index in [0.29, 0.717) is 0 Å². The van der Waals surface area contributed by atoms with E-state index in [9.17, 15) is 4.79 Å². The van der Waals surface area contributed by atoms with Crippen molar-refractivity contribution in [1.82, 2.24) is 14.8 Å². The van der Waals surface area contributed by atoms with Crippen LogP contribution < -0.4 is 0 Å². The van der Waals surface area contributed by atoms with Gasteiger partial charge in [0.25, 0.3) is 0 Å². The maximum absolute atomic E-state index is 10.8. The predicted molar refractivity (Wildman–Crippen MR) is 81.3 cm³/mol. The lowest BCUT2D eigenvalue weighted by Crippen LogP contribution is -2.34. The number of rotatable bonds is 8. The molecule has 20 heavy (non-hydrogen) atoms. The van der Waals surface area contributed by atoms with Crippen molar-refractivity contribution in [2.45, 2.75) is 70.5 Å². The molecule has 0 unspecified atom stereocenters. The van der Waals surface area contributed by atoms with Crippen LogP contribution in [0.1, 0.15) is 65.6 Å². The van der Waals surface area contributed by atoms with Crippen LogP contribution in [0.2, 0.25) is 0 Å². The molecule has 0 spiro atoms. The van der Waals surface area contributed by atoms with Gasteiger partial charge in [-0.15, -0.1) is 10.2 Å². The van der Waals surface area contributed by atoms with Gasteiger partial charge in [0.1, 0.15) is 5.82 Å². The topological polar surface area (TPSA) is 68.0 Å². The molecule has 0 aliphatic rings. The molecule has 1 N–H and O–H groups in total. The van der Waals surface area contributed by atoms with E-state index < -0.39 is 5.97 Å². The van der Waals surface area contributed by atoms with Crippen LogP contribution in [0.3, 0.4) is 0 Å². The van der Waals surface area contributed by atoms with Crippen LogP contribution in [0.4, 0.5) is 0 Å². The Morgan fingerprint density at radius 2 is 1.80 bits per heavy atom. The number of hydrogen-bond donors (Lipinski definition) is 1. The highest BCUT2D eigenvalue weighted by molar-refractivity contribution is 7.99. The van der Waals surface area contributed by atoms with E-state index in [1.807, 2.05) is 0 Å². The molecule has 0 aliphatic carbocycles. The van der Waals surface area contributed by atoms with Gasteiger partial charge in [0, 0.05) is 11.5 Å². The molecule has 0 atom stereocenters. The fraction of sp³-hybridized carbons (Fsp3) is 0.786. The number of aromatic nitrogens is 3. The quantitative estimate of drug-likeness (QED) is 0.744. The van der Waals surface area contributed by atoms with Crippen LogP contribution >= 0.6 is 11.8 Å². The fourth-order valence-electron chi connectivity index (χ4n) is 2.55. The summed E-state index contributed by atoms with van der Waals surface area (Å²) in [6.07, 6.45) is 2.95. The highest BCUT2D eigenvalue weighted by atomic mass is 32.2. The van der Waals surface area contributed by atoms with Gasteiger partial charge in [-0.05, 0) is 19.3 Å². The number of hydrogen-bond acceptors (Lipinski definition) is 4. The Labute approximate surface area is 125 Å². The van der Waals surface area contributed by atoms with Crippen molar-refractivity contribution >= 4 is 17.7 Å². The SMILES string of the molecule is CCC(CC)(CC)n1c(SCC(=O)O)nnc1C(C)C. The molecular formula is C14H25N3O2S. The Bertz CT molecular complexity index is 445. The fourth-order valence-corrected chi connectivity index (χ4v) is 3.31. The minimum absolute atomic E-state index is 0.0173. The lowest BCUT2D eigenvalue weighted by Gasteiger charge is -2.35. The Hall–Kier alpha value is -1.04. The predicted octanol–water partition coefficient (Wildman–Crippen LogP) is 3.50. The van der Waals surface area contributed by atoms with Crippen molar-refractivity contribution in [3.8, 4) is 0 Å². The summed E-state index contributed by atoms with van der Waals surface area (Å²) in [6, 6.07) is 0. The zero-order valence-electron chi connectivity index (χ0n) is 13.0. The van der Waals surface area contributed by atoms with E-state index in [-0.39, 0.29) is 17.2 Å². The summed E-state index contributed by atoms with van der Waals surface area (Å²) in [6.45, 7) is 10.7.